The maximum absolute atomic E-state index is 12.0. The van der Waals surface area contributed by atoms with Gasteiger partial charge in [-0.25, -0.2) is 0 Å². The van der Waals surface area contributed by atoms with E-state index in [-0.39, 0.29) is 24.5 Å². The molecule has 0 spiro atoms. The maximum atomic E-state index is 12.0. The largest absolute Gasteiger partial charge is 0.326 e. The third kappa shape index (κ3) is 4.29. The molecule has 0 unspecified atom stereocenters. The number of nitrogens with zero attached hydrogens (tertiary/aromatic N) is 1. The van der Waals surface area contributed by atoms with Crippen LogP contribution in [0.3, 0.4) is 0 Å². The number of nitrogens with one attached hydrogen (secondary N) is 1. The van der Waals surface area contributed by atoms with Crippen molar-refractivity contribution in [3.8, 4) is 6.07 Å². The van der Waals surface area contributed by atoms with Gasteiger partial charge in [0.25, 0.3) is 0 Å². The summed E-state index contributed by atoms with van der Waals surface area (Å²) < 4.78 is 0. The van der Waals surface area contributed by atoms with Crippen molar-refractivity contribution in [3.05, 3.63) is 65.2 Å². The molecular weight excluding hydrogens is 276 g/mol. The highest BCUT2D eigenvalue weighted by Gasteiger charge is 2.09. The van der Waals surface area contributed by atoms with E-state index in [1.807, 2.05) is 25.1 Å². The van der Waals surface area contributed by atoms with E-state index in [1.54, 1.807) is 36.4 Å². The number of carbonyl (C=O) groups excluding carboxylic acids is 2. The average molecular weight is 292 g/mol. The highest BCUT2D eigenvalue weighted by atomic mass is 16.2. The molecule has 2 aromatic carbocycles. The van der Waals surface area contributed by atoms with E-state index >= 15 is 0 Å². The fourth-order valence-electron chi connectivity index (χ4n) is 1.96. The van der Waals surface area contributed by atoms with Crippen LogP contribution >= 0.6 is 0 Å². The summed E-state index contributed by atoms with van der Waals surface area (Å²) in [6, 6.07) is 15.9. The number of hydrogen-bond donors (Lipinski definition) is 1. The molecule has 1 amide bonds. The third-order valence-corrected chi connectivity index (χ3v) is 3.25. The predicted octanol–water partition coefficient (Wildman–Crippen LogP) is 3.47. The van der Waals surface area contributed by atoms with Crippen molar-refractivity contribution >= 4 is 17.4 Å². The number of carbonyl (C=O) groups is 2. The van der Waals surface area contributed by atoms with Crippen LogP contribution in [0.5, 0.6) is 0 Å². The van der Waals surface area contributed by atoms with Crippen LogP contribution in [0, 0.1) is 18.3 Å². The number of ketones is 1. The molecule has 0 aliphatic heterocycles. The van der Waals surface area contributed by atoms with Gasteiger partial charge in [-0.05, 0) is 31.2 Å². The van der Waals surface area contributed by atoms with Crippen LogP contribution in [0.25, 0.3) is 0 Å². The molecule has 0 saturated carbocycles. The van der Waals surface area contributed by atoms with E-state index in [4.69, 9.17) is 5.26 Å². The van der Waals surface area contributed by atoms with E-state index in [9.17, 15) is 9.59 Å². The number of Topliss-reactive ketones (excluding diaryl/α,β-unsaturated/α-hetero) is 1. The van der Waals surface area contributed by atoms with Crippen molar-refractivity contribution in [1.82, 2.24) is 0 Å². The Morgan fingerprint density at radius 2 is 1.64 bits per heavy atom. The summed E-state index contributed by atoms with van der Waals surface area (Å²) in [4.78, 5) is 23.8. The van der Waals surface area contributed by atoms with Crippen LogP contribution < -0.4 is 5.32 Å². The van der Waals surface area contributed by atoms with Crippen LogP contribution in [-0.2, 0) is 4.79 Å². The lowest BCUT2D eigenvalue weighted by atomic mass is 10.0. The molecular formula is C18H16N2O2. The molecule has 0 aromatic heterocycles. The molecule has 0 heterocycles. The molecule has 0 aliphatic carbocycles. The van der Waals surface area contributed by atoms with Gasteiger partial charge >= 0.3 is 0 Å². The first-order valence-electron chi connectivity index (χ1n) is 6.98. The second-order valence-corrected chi connectivity index (χ2v) is 5.03. The first-order chi connectivity index (χ1) is 10.6. The summed E-state index contributed by atoms with van der Waals surface area (Å²) in [5.41, 5.74) is 2.87. The molecule has 0 saturated heterocycles. The fourth-order valence-corrected chi connectivity index (χ4v) is 1.96. The average Bonchev–Trinajstić information content (AvgIpc) is 2.54. The molecule has 1 N–H and O–H groups in total. The van der Waals surface area contributed by atoms with Crippen molar-refractivity contribution in [3.63, 3.8) is 0 Å². The summed E-state index contributed by atoms with van der Waals surface area (Å²) in [5, 5.41) is 11.4. The van der Waals surface area contributed by atoms with E-state index in [2.05, 4.69) is 5.32 Å². The van der Waals surface area contributed by atoms with Crippen molar-refractivity contribution in [2.24, 2.45) is 0 Å². The minimum Gasteiger partial charge on any atom is -0.326 e. The second-order valence-electron chi connectivity index (χ2n) is 5.03. The molecule has 2 aromatic rings. The third-order valence-electron chi connectivity index (χ3n) is 3.25. The van der Waals surface area contributed by atoms with Gasteiger partial charge in [0.2, 0.25) is 5.91 Å². The van der Waals surface area contributed by atoms with Gasteiger partial charge in [0, 0.05) is 24.1 Å². The topological polar surface area (TPSA) is 70.0 Å². The Morgan fingerprint density at radius 1 is 1.00 bits per heavy atom. The molecule has 0 fully saturated rings. The van der Waals surface area contributed by atoms with E-state index in [1.165, 1.54) is 0 Å². The van der Waals surface area contributed by atoms with Crippen LogP contribution in [0.4, 0.5) is 5.69 Å². The van der Waals surface area contributed by atoms with Gasteiger partial charge < -0.3 is 5.32 Å². The zero-order valence-electron chi connectivity index (χ0n) is 12.3. The Kier molecular flexibility index (Phi) is 5.05. The fraction of sp³-hybridized carbons (Fsp3) is 0.167. The Morgan fingerprint density at radius 3 is 2.23 bits per heavy atom. The van der Waals surface area contributed by atoms with Gasteiger partial charge in [0.1, 0.15) is 0 Å². The minimum absolute atomic E-state index is 0.0463. The van der Waals surface area contributed by atoms with Gasteiger partial charge in [-0.1, -0.05) is 29.8 Å². The smallest absolute Gasteiger partial charge is 0.224 e. The van der Waals surface area contributed by atoms with Crippen molar-refractivity contribution in [2.45, 2.75) is 19.8 Å². The van der Waals surface area contributed by atoms with Gasteiger partial charge in [0.15, 0.2) is 5.78 Å². The molecule has 0 aliphatic rings. The molecule has 0 bridgehead atoms. The number of benzene rings is 2. The SMILES string of the molecule is Cc1ccc(C(=O)CCC(=O)Nc2ccc(C#N)cc2)cc1. The van der Waals surface area contributed by atoms with Crippen LogP contribution in [0.1, 0.15) is 34.3 Å². The molecule has 22 heavy (non-hydrogen) atoms. The van der Waals surface area contributed by atoms with Gasteiger partial charge in [-0.2, -0.15) is 5.26 Å². The maximum Gasteiger partial charge on any atom is 0.224 e. The lowest BCUT2D eigenvalue weighted by Gasteiger charge is -2.05. The molecule has 0 radical (unpaired) electrons. The van der Waals surface area contributed by atoms with Crippen molar-refractivity contribution in [1.29, 1.82) is 5.26 Å². The zero-order chi connectivity index (χ0) is 15.9. The molecule has 110 valence electrons. The Hall–Kier alpha value is -2.93. The van der Waals surface area contributed by atoms with Gasteiger partial charge in [-0.15, -0.1) is 0 Å². The van der Waals surface area contributed by atoms with Crippen LogP contribution in [0.2, 0.25) is 0 Å². The quantitative estimate of drug-likeness (QED) is 0.858. The minimum atomic E-state index is -0.217. The number of nitriles is 1. The number of rotatable bonds is 5. The zero-order valence-corrected chi connectivity index (χ0v) is 12.3. The number of amides is 1. The molecule has 0 atom stereocenters. The van der Waals surface area contributed by atoms with Gasteiger partial charge in [0.05, 0.1) is 11.6 Å². The number of aryl methyl sites for hydroxylation is 1. The summed E-state index contributed by atoms with van der Waals surface area (Å²) >= 11 is 0. The van der Waals surface area contributed by atoms with Crippen LogP contribution in [-0.4, -0.2) is 11.7 Å². The van der Waals surface area contributed by atoms with E-state index < -0.39 is 0 Å². The summed E-state index contributed by atoms with van der Waals surface area (Å²) in [5.74, 6) is -0.264. The monoisotopic (exact) mass is 292 g/mol. The lowest BCUT2D eigenvalue weighted by Crippen LogP contribution is -2.13. The molecule has 2 rings (SSSR count). The van der Waals surface area contributed by atoms with E-state index in [0.29, 0.717) is 16.8 Å². The molecule has 4 heteroatoms. The number of anilines is 1. The Balaban J connectivity index is 1.85. The van der Waals surface area contributed by atoms with Crippen LogP contribution in [0.15, 0.2) is 48.5 Å². The van der Waals surface area contributed by atoms with Crippen molar-refractivity contribution in [2.75, 3.05) is 5.32 Å². The standard InChI is InChI=1S/C18H16N2O2/c1-13-2-6-15(7-3-13)17(21)10-11-18(22)20-16-8-4-14(12-19)5-9-16/h2-9H,10-11H2,1H3,(H,20,22). The molecule has 4 nitrogen and oxygen atoms in total. The summed E-state index contributed by atoms with van der Waals surface area (Å²) in [7, 11) is 0. The Bertz CT molecular complexity index is 710. The van der Waals surface area contributed by atoms with E-state index in [0.717, 1.165) is 5.56 Å². The number of hydrogen-bond acceptors (Lipinski definition) is 3. The predicted molar refractivity (Wildman–Crippen MR) is 84.5 cm³/mol. The summed E-state index contributed by atoms with van der Waals surface area (Å²) in [6.07, 6.45) is 0.303. The first-order valence-corrected chi connectivity index (χ1v) is 6.98. The van der Waals surface area contributed by atoms with Crippen molar-refractivity contribution < 1.29 is 9.59 Å². The highest BCUT2D eigenvalue weighted by molar-refractivity contribution is 6.00. The first kappa shape index (κ1) is 15.5. The lowest BCUT2D eigenvalue weighted by molar-refractivity contribution is -0.116. The van der Waals surface area contributed by atoms with Gasteiger partial charge in [-0.3, -0.25) is 9.59 Å². The normalized spacial score (nSPS) is 9.82. The highest BCUT2D eigenvalue weighted by Crippen LogP contribution is 2.11. The Labute approximate surface area is 129 Å². The second kappa shape index (κ2) is 7.19. The summed E-state index contributed by atoms with van der Waals surface area (Å²) in [6.45, 7) is 1.96.